The molecule has 1 fully saturated rings. The summed E-state index contributed by atoms with van der Waals surface area (Å²) in [4.78, 5) is 0. The highest BCUT2D eigenvalue weighted by molar-refractivity contribution is 5.56. The predicted octanol–water partition coefficient (Wildman–Crippen LogP) is 2.02. The molecule has 0 bridgehead atoms. The van der Waals surface area contributed by atoms with Gasteiger partial charge in [0.2, 0.25) is 0 Å². The van der Waals surface area contributed by atoms with E-state index in [1.54, 1.807) is 7.11 Å². The molecule has 0 amide bonds. The van der Waals surface area contributed by atoms with Crippen molar-refractivity contribution in [3.05, 3.63) is 24.3 Å². The lowest BCUT2D eigenvalue weighted by Crippen LogP contribution is -2.28. The summed E-state index contributed by atoms with van der Waals surface area (Å²) < 4.78 is 5.25. The maximum absolute atomic E-state index is 9.71. The van der Waals surface area contributed by atoms with E-state index in [2.05, 4.69) is 5.32 Å². The summed E-state index contributed by atoms with van der Waals surface area (Å²) >= 11 is 0. The van der Waals surface area contributed by atoms with E-state index in [9.17, 15) is 5.11 Å². The smallest absolute Gasteiger partial charge is 0.141 e. The SMILES string of the molecule is COc1ccccc1NC1CCCC1O. The van der Waals surface area contributed by atoms with Crippen molar-refractivity contribution >= 4 is 5.69 Å². The molecular formula is C12H17NO2. The van der Waals surface area contributed by atoms with E-state index >= 15 is 0 Å². The number of hydrogen-bond acceptors (Lipinski definition) is 3. The quantitative estimate of drug-likeness (QED) is 0.796. The van der Waals surface area contributed by atoms with Crippen molar-refractivity contribution in [1.29, 1.82) is 0 Å². The van der Waals surface area contributed by atoms with Crippen molar-refractivity contribution in [3.63, 3.8) is 0 Å². The Morgan fingerprint density at radius 3 is 2.80 bits per heavy atom. The summed E-state index contributed by atoms with van der Waals surface area (Å²) in [6.07, 6.45) is 2.79. The number of anilines is 1. The standard InChI is InChI=1S/C12H17NO2/c1-15-12-8-3-2-5-10(12)13-9-6-4-7-11(9)14/h2-3,5,8-9,11,13-14H,4,6-7H2,1H3. The van der Waals surface area contributed by atoms with Crippen LogP contribution in [0.5, 0.6) is 5.75 Å². The van der Waals surface area contributed by atoms with Gasteiger partial charge < -0.3 is 15.2 Å². The van der Waals surface area contributed by atoms with Gasteiger partial charge in [-0.1, -0.05) is 12.1 Å². The van der Waals surface area contributed by atoms with Crippen molar-refractivity contribution in [1.82, 2.24) is 0 Å². The fourth-order valence-electron chi connectivity index (χ4n) is 2.07. The monoisotopic (exact) mass is 207 g/mol. The van der Waals surface area contributed by atoms with Gasteiger partial charge in [-0.25, -0.2) is 0 Å². The highest BCUT2D eigenvalue weighted by Gasteiger charge is 2.25. The molecule has 1 saturated carbocycles. The van der Waals surface area contributed by atoms with Gasteiger partial charge in [0.15, 0.2) is 0 Å². The fraction of sp³-hybridized carbons (Fsp3) is 0.500. The third kappa shape index (κ3) is 2.23. The molecule has 0 radical (unpaired) electrons. The molecule has 2 unspecified atom stereocenters. The molecule has 0 saturated heterocycles. The minimum absolute atomic E-state index is 0.168. The second kappa shape index (κ2) is 4.53. The summed E-state index contributed by atoms with van der Waals surface area (Å²) in [6, 6.07) is 7.97. The molecule has 3 heteroatoms. The van der Waals surface area contributed by atoms with Crippen molar-refractivity contribution < 1.29 is 9.84 Å². The van der Waals surface area contributed by atoms with Gasteiger partial charge in [-0.2, -0.15) is 0 Å². The molecule has 3 nitrogen and oxygen atoms in total. The first-order valence-corrected chi connectivity index (χ1v) is 5.39. The second-order valence-corrected chi connectivity index (χ2v) is 3.95. The van der Waals surface area contributed by atoms with E-state index in [1.807, 2.05) is 24.3 Å². The first-order valence-electron chi connectivity index (χ1n) is 5.39. The topological polar surface area (TPSA) is 41.5 Å². The zero-order valence-electron chi connectivity index (χ0n) is 8.94. The van der Waals surface area contributed by atoms with E-state index in [0.717, 1.165) is 30.7 Å². The van der Waals surface area contributed by atoms with E-state index < -0.39 is 0 Å². The Kier molecular flexibility index (Phi) is 3.11. The fourth-order valence-corrected chi connectivity index (χ4v) is 2.07. The normalized spacial score (nSPS) is 25.2. The number of para-hydroxylation sites is 2. The Bertz CT molecular complexity index is 327. The molecule has 2 atom stereocenters. The van der Waals surface area contributed by atoms with Crippen LogP contribution in [0.1, 0.15) is 19.3 Å². The van der Waals surface area contributed by atoms with Crippen LogP contribution in [-0.4, -0.2) is 24.4 Å². The molecule has 0 aromatic heterocycles. The zero-order chi connectivity index (χ0) is 10.7. The van der Waals surface area contributed by atoms with Crippen molar-refractivity contribution in [2.75, 3.05) is 12.4 Å². The maximum atomic E-state index is 9.71. The van der Waals surface area contributed by atoms with Gasteiger partial charge in [-0.15, -0.1) is 0 Å². The summed E-state index contributed by atoms with van der Waals surface area (Å²) in [5.74, 6) is 0.830. The van der Waals surface area contributed by atoms with Gasteiger partial charge in [0.25, 0.3) is 0 Å². The first-order chi connectivity index (χ1) is 7.31. The zero-order valence-corrected chi connectivity index (χ0v) is 8.94. The Hall–Kier alpha value is -1.22. The number of methoxy groups -OCH3 is 1. The summed E-state index contributed by atoms with van der Waals surface area (Å²) in [7, 11) is 1.66. The van der Waals surface area contributed by atoms with Gasteiger partial charge >= 0.3 is 0 Å². The van der Waals surface area contributed by atoms with Gasteiger partial charge in [0.05, 0.1) is 24.9 Å². The summed E-state index contributed by atoms with van der Waals surface area (Å²) in [5.41, 5.74) is 0.964. The number of rotatable bonds is 3. The lowest BCUT2D eigenvalue weighted by Gasteiger charge is -2.19. The average Bonchev–Trinajstić information content (AvgIpc) is 2.65. The number of hydrogen-bond donors (Lipinski definition) is 2. The van der Waals surface area contributed by atoms with Gasteiger partial charge in [0, 0.05) is 0 Å². The predicted molar refractivity (Wildman–Crippen MR) is 60.3 cm³/mol. The number of aliphatic hydroxyl groups is 1. The van der Waals surface area contributed by atoms with Crippen LogP contribution in [0.25, 0.3) is 0 Å². The van der Waals surface area contributed by atoms with Crippen molar-refractivity contribution in [2.24, 2.45) is 0 Å². The number of nitrogens with one attached hydrogen (secondary N) is 1. The largest absolute Gasteiger partial charge is 0.495 e. The van der Waals surface area contributed by atoms with Gasteiger partial charge in [-0.05, 0) is 31.4 Å². The second-order valence-electron chi connectivity index (χ2n) is 3.95. The van der Waals surface area contributed by atoms with Gasteiger partial charge in [-0.3, -0.25) is 0 Å². The van der Waals surface area contributed by atoms with E-state index in [0.29, 0.717) is 0 Å². The maximum Gasteiger partial charge on any atom is 0.141 e. The Morgan fingerprint density at radius 1 is 1.33 bits per heavy atom. The first kappa shape index (κ1) is 10.3. The molecule has 15 heavy (non-hydrogen) atoms. The molecule has 2 N–H and O–H groups in total. The Morgan fingerprint density at radius 2 is 2.13 bits per heavy atom. The molecule has 1 aliphatic rings. The number of benzene rings is 1. The van der Waals surface area contributed by atoms with Crippen LogP contribution in [0.15, 0.2) is 24.3 Å². The van der Waals surface area contributed by atoms with Crippen LogP contribution in [0.4, 0.5) is 5.69 Å². The molecule has 1 aromatic carbocycles. The van der Waals surface area contributed by atoms with Crippen LogP contribution < -0.4 is 10.1 Å². The van der Waals surface area contributed by atoms with Crippen molar-refractivity contribution in [2.45, 2.75) is 31.4 Å². The molecule has 1 aliphatic carbocycles. The van der Waals surface area contributed by atoms with E-state index in [1.165, 1.54) is 0 Å². The average molecular weight is 207 g/mol. The Balaban J connectivity index is 2.09. The molecule has 2 rings (SSSR count). The lowest BCUT2D eigenvalue weighted by atomic mass is 10.2. The highest BCUT2D eigenvalue weighted by atomic mass is 16.5. The minimum Gasteiger partial charge on any atom is -0.495 e. The number of ether oxygens (including phenoxy) is 1. The lowest BCUT2D eigenvalue weighted by molar-refractivity contribution is 0.171. The van der Waals surface area contributed by atoms with E-state index in [4.69, 9.17) is 4.74 Å². The van der Waals surface area contributed by atoms with Gasteiger partial charge in [0.1, 0.15) is 5.75 Å². The molecule has 0 spiro atoms. The molecule has 0 aliphatic heterocycles. The molecule has 0 heterocycles. The van der Waals surface area contributed by atoms with Crippen LogP contribution in [0, 0.1) is 0 Å². The number of aliphatic hydroxyl groups excluding tert-OH is 1. The third-order valence-electron chi connectivity index (χ3n) is 2.93. The Labute approximate surface area is 90.1 Å². The van der Waals surface area contributed by atoms with Crippen LogP contribution in [0.2, 0.25) is 0 Å². The summed E-state index contributed by atoms with van der Waals surface area (Å²) in [5, 5.41) is 13.0. The highest BCUT2D eigenvalue weighted by Crippen LogP contribution is 2.28. The molecule has 82 valence electrons. The van der Waals surface area contributed by atoms with Crippen LogP contribution >= 0.6 is 0 Å². The third-order valence-corrected chi connectivity index (χ3v) is 2.93. The summed E-state index contributed by atoms with van der Waals surface area (Å²) in [6.45, 7) is 0. The minimum atomic E-state index is -0.227. The van der Waals surface area contributed by atoms with Crippen LogP contribution in [-0.2, 0) is 0 Å². The van der Waals surface area contributed by atoms with Crippen LogP contribution in [0.3, 0.4) is 0 Å². The van der Waals surface area contributed by atoms with E-state index in [-0.39, 0.29) is 12.1 Å². The van der Waals surface area contributed by atoms with Crippen molar-refractivity contribution in [3.8, 4) is 5.75 Å². The molecular weight excluding hydrogens is 190 g/mol. The molecule has 1 aromatic rings.